The van der Waals surface area contributed by atoms with E-state index < -0.39 is 5.91 Å². The molecule has 0 aliphatic carbocycles. The molecule has 5 nitrogen and oxygen atoms in total. The zero-order chi connectivity index (χ0) is 13.0. The summed E-state index contributed by atoms with van der Waals surface area (Å²) in [6.45, 7) is 2.25. The molecule has 4 N–H and O–H groups in total. The van der Waals surface area contributed by atoms with E-state index in [1.54, 1.807) is 6.92 Å². The molecule has 1 rings (SSSR count). The fourth-order valence-electron chi connectivity index (χ4n) is 1.42. The van der Waals surface area contributed by atoms with Gasteiger partial charge in [0.15, 0.2) is 0 Å². The van der Waals surface area contributed by atoms with Crippen molar-refractivity contribution in [2.75, 3.05) is 13.1 Å². The van der Waals surface area contributed by atoms with Gasteiger partial charge >= 0.3 is 0 Å². The Kier molecular flexibility index (Phi) is 4.28. The van der Waals surface area contributed by atoms with Crippen LogP contribution in [0, 0.1) is 0 Å². The Morgan fingerprint density at radius 1 is 1.41 bits per heavy atom. The third-order valence-corrected chi connectivity index (χ3v) is 2.38. The molecule has 0 saturated carbocycles. The van der Waals surface area contributed by atoms with E-state index >= 15 is 0 Å². The quantitative estimate of drug-likeness (QED) is 0.693. The van der Waals surface area contributed by atoms with E-state index in [0.29, 0.717) is 6.54 Å². The minimum absolute atomic E-state index is 0.110. The molecule has 1 amide bonds. The minimum atomic E-state index is -0.504. The van der Waals surface area contributed by atoms with Crippen LogP contribution in [0.15, 0.2) is 18.2 Å². The smallest absolute Gasteiger partial charge is 0.261 e. The van der Waals surface area contributed by atoms with Gasteiger partial charge in [0.25, 0.3) is 5.91 Å². The lowest BCUT2D eigenvalue weighted by Crippen LogP contribution is -2.37. The molecule has 6 heteroatoms. The van der Waals surface area contributed by atoms with Gasteiger partial charge in [-0.2, -0.15) is 0 Å². The molecule has 1 aromatic carbocycles. The molecular formula is C11H14N2O3S. The van der Waals surface area contributed by atoms with Crippen molar-refractivity contribution >= 4 is 23.1 Å². The third-order valence-electron chi connectivity index (χ3n) is 2.25. The Morgan fingerprint density at radius 3 is 2.35 bits per heavy atom. The molecule has 0 unspecified atom stereocenters. The van der Waals surface area contributed by atoms with Gasteiger partial charge in [-0.15, -0.1) is 0 Å². The van der Waals surface area contributed by atoms with Gasteiger partial charge in [0.05, 0.1) is 11.5 Å². The maximum absolute atomic E-state index is 12.0. The third kappa shape index (κ3) is 3.07. The number of rotatable bonds is 4. The van der Waals surface area contributed by atoms with Crippen LogP contribution in [0.1, 0.15) is 17.3 Å². The van der Waals surface area contributed by atoms with E-state index in [2.05, 4.69) is 0 Å². The van der Waals surface area contributed by atoms with Crippen molar-refractivity contribution in [3.63, 3.8) is 0 Å². The highest BCUT2D eigenvalue weighted by Crippen LogP contribution is 2.27. The summed E-state index contributed by atoms with van der Waals surface area (Å²) in [5.74, 6) is -1.04. The average molecular weight is 254 g/mol. The van der Waals surface area contributed by atoms with Gasteiger partial charge < -0.3 is 20.8 Å². The molecule has 0 fully saturated rings. The number of aromatic hydroxyl groups is 2. The van der Waals surface area contributed by atoms with Gasteiger partial charge in [-0.1, -0.05) is 18.3 Å². The summed E-state index contributed by atoms with van der Waals surface area (Å²) >= 11 is 4.73. The van der Waals surface area contributed by atoms with E-state index in [1.165, 1.54) is 23.1 Å². The molecule has 0 aliphatic heterocycles. The largest absolute Gasteiger partial charge is 0.507 e. The van der Waals surface area contributed by atoms with Crippen molar-refractivity contribution in [3.8, 4) is 11.5 Å². The van der Waals surface area contributed by atoms with Gasteiger partial charge in [0, 0.05) is 6.54 Å². The monoisotopic (exact) mass is 254 g/mol. The Hall–Kier alpha value is -1.82. The molecule has 0 radical (unpaired) electrons. The minimum Gasteiger partial charge on any atom is -0.507 e. The number of nitrogens with zero attached hydrogens (tertiary/aromatic N) is 1. The summed E-state index contributed by atoms with van der Waals surface area (Å²) in [5.41, 5.74) is 5.24. The standard InChI is InChI=1S/C11H14N2O3S/c1-2-13(6-9(12)17)11(16)10-7(14)4-3-5-8(10)15/h3-5,14-15H,2,6H2,1H3,(H2,12,17). The number of thiocarbonyl (C=S) groups is 1. The predicted molar refractivity (Wildman–Crippen MR) is 68.1 cm³/mol. The highest BCUT2D eigenvalue weighted by Gasteiger charge is 2.21. The lowest BCUT2D eigenvalue weighted by Gasteiger charge is -2.21. The van der Waals surface area contributed by atoms with Crippen molar-refractivity contribution in [2.24, 2.45) is 5.73 Å². The maximum atomic E-state index is 12.0. The van der Waals surface area contributed by atoms with Gasteiger partial charge in [-0.05, 0) is 19.1 Å². The molecule has 0 atom stereocenters. The van der Waals surface area contributed by atoms with Crippen LogP contribution in [0.5, 0.6) is 11.5 Å². The SMILES string of the molecule is CCN(CC(N)=S)C(=O)c1c(O)cccc1O. The molecule has 0 spiro atoms. The Balaban J connectivity index is 3.06. The van der Waals surface area contributed by atoms with Crippen LogP contribution in [0.25, 0.3) is 0 Å². The summed E-state index contributed by atoms with van der Waals surface area (Å²) in [6.07, 6.45) is 0. The number of carbonyl (C=O) groups excluding carboxylic acids is 1. The van der Waals surface area contributed by atoms with Crippen LogP contribution in [-0.4, -0.2) is 39.1 Å². The van der Waals surface area contributed by atoms with Crippen molar-refractivity contribution in [1.82, 2.24) is 4.90 Å². The molecule has 92 valence electrons. The highest BCUT2D eigenvalue weighted by atomic mass is 32.1. The summed E-state index contributed by atoms with van der Waals surface area (Å²) in [4.78, 5) is 13.6. The van der Waals surface area contributed by atoms with E-state index in [4.69, 9.17) is 18.0 Å². The first kappa shape index (κ1) is 13.2. The van der Waals surface area contributed by atoms with Gasteiger partial charge in [-0.3, -0.25) is 4.79 Å². The van der Waals surface area contributed by atoms with Crippen molar-refractivity contribution in [2.45, 2.75) is 6.92 Å². The number of likely N-dealkylation sites (N-methyl/N-ethyl adjacent to an activating group) is 1. The topological polar surface area (TPSA) is 86.8 Å². The second kappa shape index (κ2) is 5.49. The summed E-state index contributed by atoms with van der Waals surface area (Å²) in [5, 5.41) is 19.1. The van der Waals surface area contributed by atoms with Gasteiger partial charge in [-0.25, -0.2) is 0 Å². The second-order valence-electron chi connectivity index (χ2n) is 3.46. The average Bonchev–Trinajstić information content (AvgIpc) is 2.25. The number of nitrogens with two attached hydrogens (primary N) is 1. The van der Waals surface area contributed by atoms with Crippen molar-refractivity contribution in [3.05, 3.63) is 23.8 Å². The van der Waals surface area contributed by atoms with Crippen LogP contribution in [-0.2, 0) is 0 Å². The van der Waals surface area contributed by atoms with Crippen LogP contribution >= 0.6 is 12.2 Å². The fraction of sp³-hybridized carbons (Fsp3) is 0.273. The van der Waals surface area contributed by atoms with Crippen LogP contribution < -0.4 is 5.73 Å². The number of hydrogen-bond donors (Lipinski definition) is 3. The van der Waals surface area contributed by atoms with Gasteiger partial charge in [0.1, 0.15) is 17.1 Å². The predicted octanol–water partition coefficient (Wildman–Crippen LogP) is 0.846. The Bertz CT molecular complexity index is 428. The molecule has 0 heterocycles. The number of phenols is 2. The Labute approximate surface area is 104 Å². The van der Waals surface area contributed by atoms with Crippen LogP contribution in [0.3, 0.4) is 0 Å². The van der Waals surface area contributed by atoms with E-state index in [9.17, 15) is 15.0 Å². The number of hydrogen-bond acceptors (Lipinski definition) is 4. The van der Waals surface area contributed by atoms with E-state index in [-0.39, 0.29) is 28.6 Å². The van der Waals surface area contributed by atoms with E-state index in [0.717, 1.165) is 0 Å². The van der Waals surface area contributed by atoms with Gasteiger partial charge in [0.2, 0.25) is 0 Å². The number of amides is 1. The molecular weight excluding hydrogens is 240 g/mol. The lowest BCUT2D eigenvalue weighted by atomic mass is 10.1. The highest BCUT2D eigenvalue weighted by molar-refractivity contribution is 7.80. The Morgan fingerprint density at radius 2 is 1.94 bits per heavy atom. The first-order valence-corrected chi connectivity index (χ1v) is 5.46. The lowest BCUT2D eigenvalue weighted by molar-refractivity contribution is 0.0781. The molecule has 0 aromatic heterocycles. The zero-order valence-corrected chi connectivity index (χ0v) is 10.2. The number of phenolic OH excluding ortho intramolecular Hbond substituents is 2. The summed E-state index contributed by atoms with van der Waals surface area (Å²) < 4.78 is 0. The first-order valence-electron chi connectivity index (χ1n) is 5.05. The summed E-state index contributed by atoms with van der Waals surface area (Å²) in [6, 6.07) is 4.12. The first-order chi connectivity index (χ1) is 7.97. The second-order valence-corrected chi connectivity index (χ2v) is 3.98. The zero-order valence-electron chi connectivity index (χ0n) is 9.38. The molecule has 0 bridgehead atoms. The molecule has 1 aromatic rings. The maximum Gasteiger partial charge on any atom is 0.261 e. The van der Waals surface area contributed by atoms with Crippen molar-refractivity contribution < 1.29 is 15.0 Å². The van der Waals surface area contributed by atoms with Crippen LogP contribution in [0.4, 0.5) is 0 Å². The number of benzene rings is 1. The fourth-order valence-corrected chi connectivity index (χ4v) is 1.58. The van der Waals surface area contributed by atoms with Crippen molar-refractivity contribution in [1.29, 1.82) is 0 Å². The normalized spacial score (nSPS) is 9.94. The van der Waals surface area contributed by atoms with E-state index in [1.807, 2.05) is 0 Å². The molecule has 0 saturated heterocycles. The molecule has 17 heavy (non-hydrogen) atoms. The summed E-state index contributed by atoms with van der Waals surface area (Å²) in [7, 11) is 0. The molecule has 0 aliphatic rings. The van der Waals surface area contributed by atoms with Crippen LogP contribution in [0.2, 0.25) is 0 Å². The number of carbonyl (C=O) groups is 1.